The molecule has 1 aliphatic heterocycles. The molecule has 0 aromatic heterocycles. The van der Waals surface area contributed by atoms with Gasteiger partial charge in [0.2, 0.25) is 0 Å². The molecule has 2 rings (SSSR count). The van der Waals surface area contributed by atoms with Crippen LogP contribution in [0.25, 0.3) is 0 Å². The van der Waals surface area contributed by atoms with E-state index in [9.17, 15) is 5.11 Å². The minimum absolute atomic E-state index is 0.413. The van der Waals surface area contributed by atoms with Gasteiger partial charge in [-0.2, -0.15) is 0 Å². The Morgan fingerprint density at radius 2 is 2.00 bits per heavy atom. The maximum Gasteiger partial charge on any atom is 0.137 e. The molecule has 0 amide bonds. The first-order chi connectivity index (χ1) is 8.45. The summed E-state index contributed by atoms with van der Waals surface area (Å²) >= 11 is 0. The Hall–Kier alpha value is -1.61. The van der Waals surface area contributed by atoms with Gasteiger partial charge in [0.1, 0.15) is 17.9 Å². The molecule has 2 atom stereocenters. The Bertz CT molecular complexity index is 532. The van der Waals surface area contributed by atoms with Crippen molar-refractivity contribution in [1.82, 2.24) is 0 Å². The van der Waals surface area contributed by atoms with Crippen LogP contribution in [0.3, 0.4) is 0 Å². The second-order valence-electron chi connectivity index (χ2n) is 4.82. The number of methoxy groups -OCH3 is 1. The van der Waals surface area contributed by atoms with Crippen molar-refractivity contribution in [2.45, 2.75) is 32.9 Å². The maximum absolute atomic E-state index is 10.5. The Balaban J connectivity index is 2.58. The van der Waals surface area contributed by atoms with Gasteiger partial charge in [-0.3, -0.25) is 4.99 Å². The van der Waals surface area contributed by atoms with E-state index in [2.05, 4.69) is 23.7 Å². The van der Waals surface area contributed by atoms with Gasteiger partial charge < -0.3 is 9.84 Å². The quantitative estimate of drug-likeness (QED) is 0.814. The van der Waals surface area contributed by atoms with Crippen LogP contribution in [-0.4, -0.2) is 24.0 Å². The van der Waals surface area contributed by atoms with E-state index < -0.39 is 12.1 Å². The Labute approximate surface area is 108 Å². The standard InChI is InChI=1S/C15H19NO2/c1-8-6-9(2)13-12(7-8)10(3)16-14(15(13)17)11(4)18-5/h6-7,14-15,17H,4H2,1-3,5H3/t14?,15-/m1/s1. The molecular weight excluding hydrogens is 226 g/mol. The van der Waals surface area contributed by atoms with E-state index >= 15 is 0 Å². The van der Waals surface area contributed by atoms with E-state index in [0.29, 0.717) is 5.76 Å². The van der Waals surface area contributed by atoms with Gasteiger partial charge in [-0.15, -0.1) is 0 Å². The summed E-state index contributed by atoms with van der Waals surface area (Å²) in [5.41, 5.74) is 5.15. The Kier molecular flexibility index (Phi) is 3.26. The van der Waals surface area contributed by atoms with Gasteiger partial charge in [-0.1, -0.05) is 18.2 Å². The number of fused-ring (bicyclic) bond motifs is 1. The highest BCUT2D eigenvalue weighted by Crippen LogP contribution is 2.34. The topological polar surface area (TPSA) is 41.8 Å². The number of benzene rings is 1. The van der Waals surface area contributed by atoms with Crippen LogP contribution in [0.2, 0.25) is 0 Å². The number of aryl methyl sites for hydroxylation is 2. The largest absolute Gasteiger partial charge is 0.499 e. The van der Waals surface area contributed by atoms with E-state index in [4.69, 9.17) is 4.74 Å². The van der Waals surface area contributed by atoms with Crippen LogP contribution < -0.4 is 0 Å². The smallest absolute Gasteiger partial charge is 0.137 e. The fourth-order valence-electron chi connectivity index (χ4n) is 2.55. The number of nitrogens with zero attached hydrogens (tertiary/aromatic N) is 1. The Morgan fingerprint density at radius 1 is 1.33 bits per heavy atom. The molecule has 1 aromatic carbocycles. The van der Waals surface area contributed by atoms with Crippen molar-refractivity contribution in [1.29, 1.82) is 0 Å². The second kappa shape index (κ2) is 4.58. The number of ether oxygens (including phenoxy) is 1. The fraction of sp³-hybridized carbons (Fsp3) is 0.400. The third kappa shape index (κ3) is 1.95. The summed E-state index contributed by atoms with van der Waals surface area (Å²) in [6.45, 7) is 9.83. The number of hydrogen-bond acceptors (Lipinski definition) is 3. The summed E-state index contributed by atoms with van der Waals surface area (Å²) in [5.74, 6) is 0.493. The van der Waals surface area contributed by atoms with E-state index in [-0.39, 0.29) is 0 Å². The summed E-state index contributed by atoms with van der Waals surface area (Å²) in [6.07, 6.45) is -0.684. The molecule has 1 N–H and O–H groups in total. The lowest BCUT2D eigenvalue weighted by Crippen LogP contribution is -2.28. The summed E-state index contributed by atoms with van der Waals surface area (Å²) < 4.78 is 5.13. The van der Waals surface area contributed by atoms with Gasteiger partial charge in [0.05, 0.1) is 7.11 Å². The van der Waals surface area contributed by atoms with Crippen LogP contribution in [0.1, 0.15) is 35.3 Å². The normalized spacial score (nSPS) is 22.2. The van der Waals surface area contributed by atoms with Crippen LogP contribution in [0, 0.1) is 13.8 Å². The minimum atomic E-state index is -0.684. The number of aliphatic imine (C=N–C) groups is 1. The predicted octanol–water partition coefficient (Wildman–Crippen LogP) is 2.69. The lowest BCUT2D eigenvalue weighted by molar-refractivity contribution is 0.126. The molecule has 3 heteroatoms. The molecule has 0 bridgehead atoms. The molecule has 0 spiro atoms. The van der Waals surface area contributed by atoms with Crippen molar-refractivity contribution in [2.75, 3.05) is 7.11 Å². The van der Waals surface area contributed by atoms with Gasteiger partial charge in [0.15, 0.2) is 0 Å². The van der Waals surface area contributed by atoms with Crippen molar-refractivity contribution in [3.63, 3.8) is 0 Å². The highest BCUT2D eigenvalue weighted by atomic mass is 16.5. The van der Waals surface area contributed by atoms with E-state index in [1.54, 1.807) is 7.11 Å². The fourth-order valence-corrected chi connectivity index (χ4v) is 2.55. The van der Waals surface area contributed by atoms with Gasteiger partial charge >= 0.3 is 0 Å². The second-order valence-corrected chi connectivity index (χ2v) is 4.82. The molecule has 1 heterocycles. The number of aliphatic hydroxyl groups excluding tert-OH is 1. The molecule has 1 aliphatic rings. The molecule has 0 saturated heterocycles. The minimum Gasteiger partial charge on any atom is -0.499 e. The third-order valence-corrected chi connectivity index (χ3v) is 3.44. The first-order valence-electron chi connectivity index (χ1n) is 6.02. The molecule has 0 fully saturated rings. The molecule has 1 aromatic rings. The summed E-state index contributed by atoms with van der Waals surface area (Å²) in [4.78, 5) is 4.50. The maximum atomic E-state index is 10.5. The lowest BCUT2D eigenvalue weighted by Gasteiger charge is -2.29. The lowest BCUT2D eigenvalue weighted by atomic mass is 9.86. The molecule has 0 radical (unpaired) electrons. The molecule has 0 saturated carbocycles. The van der Waals surface area contributed by atoms with Crippen molar-refractivity contribution in [3.8, 4) is 0 Å². The van der Waals surface area contributed by atoms with Crippen molar-refractivity contribution in [2.24, 2.45) is 4.99 Å². The third-order valence-electron chi connectivity index (χ3n) is 3.44. The molecule has 0 aliphatic carbocycles. The average molecular weight is 245 g/mol. The molecule has 1 unspecified atom stereocenters. The predicted molar refractivity (Wildman–Crippen MR) is 73.0 cm³/mol. The van der Waals surface area contributed by atoms with Crippen molar-refractivity contribution < 1.29 is 9.84 Å². The Morgan fingerprint density at radius 3 is 2.61 bits per heavy atom. The van der Waals surface area contributed by atoms with Crippen LogP contribution >= 0.6 is 0 Å². The number of hydrogen-bond donors (Lipinski definition) is 1. The van der Waals surface area contributed by atoms with Crippen molar-refractivity contribution >= 4 is 5.71 Å². The van der Waals surface area contributed by atoms with Crippen LogP contribution in [-0.2, 0) is 4.74 Å². The van der Waals surface area contributed by atoms with Gasteiger partial charge in [-0.25, -0.2) is 0 Å². The van der Waals surface area contributed by atoms with Gasteiger partial charge in [0.25, 0.3) is 0 Å². The van der Waals surface area contributed by atoms with Gasteiger partial charge in [0, 0.05) is 11.3 Å². The van der Waals surface area contributed by atoms with Crippen LogP contribution in [0.5, 0.6) is 0 Å². The first-order valence-corrected chi connectivity index (χ1v) is 6.02. The number of aliphatic hydroxyl groups is 1. The molecule has 96 valence electrons. The average Bonchev–Trinajstić information content (AvgIpc) is 2.31. The zero-order valence-electron chi connectivity index (χ0n) is 11.3. The van der Waals surface area contributed by atoms with Crippen LogP contribution in [0.4, 0.5) is 0 Å². The monoisotopic (exact) mass is 245 g/mol. The summed E-state index contributed by atoms with van der Waals surface area (Å²) in [7, 11) is 1.55. The number of rotatable bonds is 2. The van der Waals surface area contributed by atoms with E-state index in [1.807, 2.05) is 20.8 Å². The zero-order valence-corrected chi connectivity index (χ0v) is 11.3. The van der Waals surface area contributed by atoms with Crippen molar-refractivity contribution in [3.05, 3.63) is 46.7 Å². The van der Waals surface area contributed by atoms with Crippen LogP contribution in [0.15, 0.2) is 29.5 Å². The first kappa shape index (κ1) is 12.8. The summed E-state index contributed by atoms with van der Waals surface area (Å²) in [5, 5.41) is 10.5. The molecule has 3 nitrogen and oxygen atoms in total. The van der Waals surface area contributed by atoms with E-state index in [0.717, 1.165) is 22.4 Å². The summed E-state index contributed by atoms with van der Waals surface area (Å²) in [6, 6.07) is 3.73. The highest BCUT2D eigenvalue weighted by molar-refractivity contribution is 6.01. The zero-order chi connectivity index (χ0) is 13.4. The van der Waals surface area contributed by atoms with E-state index in [1.165, 1.54) is 5.56 Å². The van der Waals surface area contributed by atoms with Gasteiger partial charge in [-0.05, 0) is 38.0 Å². The highest BCUT2D eigenvalue weighted by Gasteiger charge is 2.32. The molecule has 18 heavy (non-hydrogen) atoms. The SMILES string of the molecule is C=C(OC)C1N=C(C)c2cc(C)cc(C)c2[C@H]1O. The molecular formula is C15H19NO2.